The van der Waals surface area contributed by atoms with Gasteiger partial charge in [-0.3, -0.25) is 13.9 Å². The minimum Gasteiger partial charge on any atom is -0.440 e. The molecule has 30 heavy (non-hydrogen) atoms. The zero-order valence-electron chi connectivity index (χ0n) is 16.1. The summed E-state index contributed by atoms with van der Waals surface area (Å²) >= 11 is 12.7. The summed E-state index contributed by atoms with van der Waals surface area (Å²) in [6.07, 6.45) is 0. The van der Waals surface area contributed by atoms with Gasteiger partial charge in [-0.05, 0) is 34.5 Å². The van der Waals surface area contributed by atoms with Gasteiger partial charge in [0.25, 0.3) is 5.56 Å². The van der Waals surface area contributed by atoms with Crippen LogP contribution in [-0.2, 0) is 14.1 Å². The molecule has 150 valence electrons. The van der Waals surface area contributed by atoms with Crippen molar-refractivity contribution in [1.29, 1.82) is 0 Å². The first kappa shape index (κ1) is 19.0. The number of aromatic nitrogens is 2. The number of fused-ring (bicyclic) bond motifs is 4. The van der Waals surface area contributed by atoms with Crippen LogP contribution in [-0.4, -0.2) is 9.13 Å². The van der Waals surface area contributed by atoms with E-state index in [0.29, 0.717) is 21.4 Å². The van der Waals surface area contributed by atoms with Crippen molar-refractivity contribution >= 4 is 34.0 Å². The number of ether oxygens (including phenoxy) is 1. The smallest absolute Gasteiger partial charge is 0.333 e. The van der Waals surface area contributed by atoms with Crippen molar-refractivity contribution in [3.05, 3.63) is 102 Å². The molecule has 1 atom stereocenters. The minimum atomic E-state index is -0.523. The summed E-state index contributed by atoms with van der Waals surface area (Å²) in [6.45, 7) is 0. The average Bonchev–Trinajstić information content (AvgIpc) is 2.75. The zero-order chi connectivity index (χ0) is 21.2. The van der Waals surface area contributed by atoms with Gasteiger partial charge >= 0.3 is 5.69 Å². The molecule has 1 unspecified atom stereocenters. The fourth-order valence-electron chi connectivity index (χ4n) is 4.18. The van der Waals surface area contributed by atoms with E-state index >= 15 is 0 Å². The SMILES string of the molecule is Cn1c2c(c(=O)n(C)c1=O)C(c1ccc(Cl)cc1Cl)c1c(ccc3ccccc13)O2. The summed E-state index contributed by atoms with van der Waals surface area (Å²) in [5, 5.41) is 2.91. The Morgan fingerprint density at radius 3 is 2.43 bits per heavy atom. The number of hydrogen-bond donors (Lipinski definition) is 0. The van der Waals surface area contributed by atoms with Gasteiger partial charge in [-0.2, -0.15) is 0 Å². The molecule has 2 heterocycles. The standard InChI is InChI=1S/C23H16Cl2N2O3/c1-26-21(28)20-19(15-9-8-13(24)11-16(15)25)18-14-6-4-3-5-12(14)7-10-17(18)30-22(20)27(2)23(26)29/h3-11,19H,1-2H3. The van der Waals surface area contributed by atoms with Crippen LogP contribution in [0, 0.1) is 0 Å². The van der Waals surface area contributed by atoms with E-state index in [4.69, 9.17) is 27.9 Å². The topological polar surface area (TPSA) is 53.2 Å². The molecule has 1 aliphatic rings. The molecular formula is C23H16Cl2N2O3. The largest absolute Gasteiger partial charge is 0.440 e. The van der Waals surface area contributed by atoms with Crippen LogP contribution in [0.1, 0.15) is 22.6 Å². The highest BCUT2D eigenvalue weighted by atomic mass is 35.5. The minimum absolute atomic E-state index is 0.224. The van der Waals surface area contributed by atoms with Gasteiger partial charge in [0.05, 0.1) is 11.5 Å². The molecule has 0 fully saturated rings. The van der Waals surface area contributed by atoms with E-state index in [1.807, 2.05) is 42.5 Å². The molecule has 0 N–H and O–H groups in total. The second-order valence-corrected chi connectivity index (χ2v) is 8.17. The Hall–Kier alpha value is -3.02. The van der Waals surface area contributed by atoms with Crippen molar-refractivity contribution in [2.45, 2.75) is 5.92 Å². The fourth-order valence-corrected chi connectivity index (χ4v) is 4.70. The van der Waals surface area contributed by atoms with Crippen molar-refractivity contribution < 1.29 is 4.74 Å². The monoisotopic (exact) mass is 438 g/mol. The summed E-state index contributed by atoms with van der Waals surface area (Å²) in [6, 6.07) is 16.9. The predicted molar refractivity (Wildman–Crippen MR) is 118 cm³/mol. The van der Waals surface area contributed by atoms with Gasteiger partial charge in [0.1, 0.15) is 5.75 Å². The predicted octanol–water partition coefficient (Wildman–Crippen LogP) is 4.83. The third kappa shape index (κ3) is 2.62. The van der Waals surface area contributed by atoms with Crippen molar-refractivity contribution in [3.63, 3.8) is 0 Å². The Balaban J connectivity index is 1.97. The van der Waals surface area contributed by atoms with Crippen LogP contribution in [0.3, 0.4) is 0 Å². The highest BCUT2D eigenvalue weighted by Crippen LogP contribution is 2.49. The van der Waals surface area contributed by atoms with Crippen LogP contribution in [0.2, 0.25) is 10.0 Å². The molecule has 1 aromatic heterocycles. The lowest BCUT2D eigenvalue weighted by molar-refractivity contribution is 0.396. The number of halogens is 2. The third-order valence-corrected chi connectivity index (χ3v) is 6.19. The first-order chi connectivity index (χ1) is 14.4. The quantitative estimate of drug-likeness (QED) is 0.376. The molecule has 0 amide bonds. The van der Waals surface area contributed by atoms with Crippen LogP contribution >= 0.6 is 23.2 Å². The van der Waals surface area contributed by atoms with Crippen LogP contribution < -0.4 is 16.0 Å². The number of rotatable bonds is 1. The van der Waals surface area contributed by atoms with Gasteiger partial charge in [0, 0.05) is 29.7 Å². The highest BCUT2D eigenvalue weighted by molar-refractivity contribution is 6.35. The molecule has 0 radical (unpaired) electrons. The van der Waals surface area contributed by atoms with Gasteiger partial charge < -0.3 is 4.74 Å². The van der Waals surface area contributed by atoms with Gasteiger partial charge in [0.2, 0.25) is 5.88 Å². The summed E-state index contributed by atoms with van der Waals surface area (Å²) < 4.78 is 8.57. The Labute approximate surface area is 181 Å². The van der Waals surface area contributed by atoms with Crippen molar-refractivity contribution in [2.75, 3.05) is 0 Å². The van der Waals surface area contributed by atoms with Crippen molar-refractivity contribution in [1.82, 2.24) is 9.13 Å². The van der Waals surface area contributed by atoms with E-state index in [1.54, 1.807) is 19.2 Å². The lowest BCUT2D eigenvalue weighted by Crippen LogP contribution is -2.41. The number of nitrogens with zero attached hydrogens (tertiary/aromatic N) is 2. The lowest BCUT2D eigenvalue weighted by atomic mass is 9.81. The number of hydrogen-bond acceptors (Lipinski definition) is 3. The average molecular weight is 439 g/mol. The fraction of sp³-hybridized carbons (Fsp3) is 0.130. The molecular weight excluding hydrogens is 423 g/mol. The Kier molecular flexibility index (Phi) is 4.27. The summed E-state index contributed by atoms with van der Waals surface area (Å²) in [5.74, 6) is 0.285. The molecule has 5 rings (SSSR count). The van der Waals surface area contributed by atoms with Crippen LogP contribution in [0.4, 0.5) is 0 Å². The second kappa shape index (κ2) is 6.76. The second-order valence-electron chi connectivity index (χ2n) is 7.32. The van der Waals surface area contributed by atoms with Gasteiger partial charge in [0.15, 0.2) is 0 Å². The van der Waals surface area contributed by atoms with Gasteiger partial charge in [-0.15, -0.1) is 0 Å². The molecule has 0 aliphatic carbocycles. The number of benzene rings is 3. The van der Waals surface area contributed by atoms with E-state index in [9.17, 15) is 9.59 Å². The summed E-state index contributed by atoms with van der Waals surface area (Å²) in [4.78, 5) is 25.8. The van der Waals surface area contributed by atoms with E-state index in [-0.39, 0.29) is 5.88 Å². The van der Waals surface area contributed by atoms with E-state index < -0.39 is 17.2 Å². The highest BCUT2D eigenvalue weighted by Gasteiger charge is 2.36. The van der Waals surface area contributed by atoms with Crippen LogP contribution in [0.5, 0.6) is 11.6 Å². The Bertz CT molecular complexity index is 1470. The van der Waals surface area contributed by atoms with E-state index in [0.717, 1.165) is 26.5 Å². The van der Waals surface area contributed by atoms with Gasteiger partial charge in [-0.25, -0.2) is 4.79 Å². The Morgan fingerprint density at radius 2 is 1.67 bits per heavy atom. The van der Waals surface area contributed by atoms with Crippen LogP contribution in [0.25, 0.3) is 10.8 Å². The third-order valence-electron chi connectivity index (χ3n) is 5.63. The van der Waals surface area contributed by atoms with Crippen LogP contribution in [0.15, 0.2) is 64.2 Å². The molecule has 7 heteroatoms. The molecule has 4 aromatic rings. The summed E-state index contributed by atoms with van der Waals surface area (Å²) in [5.41, 5.74) is 1.05. The maximum atomic E-state index is 13.3. The molecule has 5 nitrogen and oxygen atoms in total. The first-order valence-corrected chi connectivity index (χ1v) is 10.1. The normalized spacial score (nSPS) is 14.9. The maximum Gasteiger partial charge on any atom is 0.333 e. The maximum absolute atomic E-state index is 13.3. The zero-order valence-corrected chi connectivity index (χ0v) is 17.7. The molecule has 0 spiro atoms. The molecule has 3 aromatic carbocycles. The first-order valence-electron chi connectivity index (χ1n) is 9.33. The molecule has 0 bridgehead atoms. The Morgan fingerprint density at radius 1 is 0.900 bits per heavy atom. The molecule has 0 saturated heterocycles. The van der Waals surface area contributed by atoms with Gasteiger partial charge in [-0.1, -0.05) is 59.6 Å². The summed E-state index contributed by atoms with van der Waals surface area (Å²) in [7, 11) is 3.05. The van der Waals surface area contributed by atoms with E-state index in [2.05, 4.69) is 0 Å². The van der Waals surface area contributed by atoms with E-state index in [1.165, 1.54) is 11.6 Å². The van der Waals surface area contributed by atoms with Crippen molar-refractivity contribution in [2.24, 2.45) is 14.1 Å². The lowest BCUT2D eigenvalue weighted by Gasteiger charge is -2.31. The van der Waals surface area contributed by atoms with Crippen molar-refractivity contribution in [3.8, 4) is 11.6 Å². The molecule has 0 saturated carbocycles. The molecule has 1 aliphatic heterocycles.